The zero-order valence-corrected chi connectivity index (χ0v) is 11.1. The summed E-state index contributed by atoms with van der Waals surface area (Å²) in [7, 11) is 3.83. The molecule has 1 aromatic carbocycles. The van der Waals surface area contributed by atoms with Crippen LogP contribution in [0.15, 0.2) is 24.3 Å². The summed E-state index contributed by atoms with van der Waals surface area (Å²) in [5, 5.41) is 0. The minimum atomic E-state index is 0.310. The molecule has 0 radical (unpaired) electrons. The van der Waals surface area contributed by atoms with Gasteiger partial charge in [0.2, 0.25) is 0 Å². The van der Waals surface area contributed by atoms with Crippen LogP contribution in [0.4, 0.5) is 0 Å². The Balaban J connectivity index is 2.31. The van der Waals surface area contributed by atoms with Crippen molar-refractivity contribution in [3.63, 3.8) is 0 Å². The smallest absolute Gasteiger partial charge is 0.118 e. The fourth-order valence-corrected chi connectivity index (χ4v) is 1.80. The van der Waals surface area contributed by atoms with E-state index in [1.54, 1.807) is 7.11 Å². The lowest BCUT2D eigenvalue weighted by atomic mass is 10.1. The summed E-state index contributed by atoms with van der Waals surface area (Å²) in [4.78, 5) is 2.32. The monoisotopic (exact) mass is 236 g/mol. The number of hydrogen-bond acceptors (Lipinski definition) is 3. The Kier molecular flexibility index (Phi) is 6.01. The van der Waals surface area contributed by atoms with E-state index < -0.39 is 0 Å². The molecule has 0 aliphatic carbocycles. The Bertz CT molecular complexity index is 309. The molecule has 1 aromatic rings. The van der Waals surface area contributed by atoms with Crippen molar-refractivity contribution in [2.75, 3.05) is 20.7 Å². The normalized spacial score (nSPS) is 12.8. The minimum Gasteiger partial charge on any atom is -0.497 e. The average Bonchev–Trinajstić information content (AvgIpc) is 2.29. The third-order valence-electron chi connectivity index (χ3n) is 2.81. The van der Waals surface area contributed by atoms with Crippen LogP contribution in [0.2, 0.25) is 0 Å². The quantitative estimate of drug-likeness (QED) is 0.789. The van der Waals surface area contributed by atoms with Crippen molar-refractivity contribution >= 4 is 0 Å². The lowest BCUT2D eigenvalue weighted by Crippen LogP contribution is -2.22. The lowest BCUT2D eigenvalue weighted by Gasteiger charge is -2.17. The van der Waals surface area contributed by atoms with Gasteiger partial charge in [-0.2, -0.15) is 0 Å². The molecular weight excluding hydrogens is 212 g/mol. The van der Waals surface area contributed by atoms with Crippen molar-refractivity contribution < 1.29 is 4.74 Å². The molecule has 3 heteroatoms. The Morgan fingerprint density at radius 2 is 1.94 bits per heavy atom. The van der Waals surface area contributed by atoms with Crippen LogP contribution >= 0.6 is 0 Å². The standard InChI is InChI=1S/C14H24N2O/c1-12(15)5-4-10-16(2)11-13-6-8-14(17-3)9-7-13/h6-9,12H,4-5,10-11,15H2,1-3H3. The van der Waals surface area contributed by atoms with Crippen LogP contribution in [0.5, 0.6) is 5.75 Å². The van der Waals surface area contributed by atoms with Gasteiger partial charge in [0, 0.05) is 12.6 Å². The van der Waals surface area contributed by atoms with Gasteiger partial charge in [0.1, 0.15) is 5.75 Å². The molecule has 0 aliphatic heterocycles. The topological polar surface area (TPSA) is 38.5 Å². The molecule has 1 atom stereocenters. The fraction of sp³-hybridized carbons (Fsp3) is 0.571. The zero-order chi connectivity index (χ0) is 12.7. The third kappa shape index (κ3) is 5.71. The van der Waals surface area contributed by atoms with Crippen LogP contribution in [0.25, 0.3) is 0 Å². The highest BCUT2D eigenvalue weighted by atomic mass is 16.5. The first-order valence-electron chi connectivity index (χ1n) is 6.19. The Morgan fingerprint density at radius 3 is 2.47 bits per heavy atom. The van der Waals surface area contributed by atoms with Gasteiger partial charge in [-0.1, -0.05) is 12.1 Å². The SMILES string of the molecule is COc1ccc(CN(C)CCCC(C)N)cc1. The summed E-state index contributed by atoms with van der Waals surface area (Å²) in [5.41, 5.74) is 7.04. The summed E-state index contributed by atoms with van der Waals surface area (Å²) in [6.07, 6.45) is 2.25. The van der Waals surface area contributed by atoms with Crippen LogP contribution in [-0.4, -0.2) is 31.6 Å². The van der Waals surface area contributed by atoms with E-state index in [1.165, 1.54) is 5.56 Å². The summed E-state index contributed by atoms with van der Waals surface area (Å²) in [6, 6.07) is 8.54. The van der Waals surface area contributed by atoms with Gasteiger partial charge in [-0.15, -0.1) is 0 Å². The molecule has 0 aliphatic rings. The molecule has 0 spiro atoms. The molecule has 1 rings (SSSR count). The first-order chi connectivity index (χ1) is 8.11. The predicted molar refractivity (Wildman–Crippen MR) is 72.2 cm³/mol. The summed E-state index contributed by atoms with van der Waals surface area (Å²) < 4.78 is 5.14. The second-order valence-electron chi connectivity index (χ2n) is 4.71. The summed E-state index contributed by atoms with van der Waals surface area (Å²) >= 11 is 0. The van der Waals surface area contributed by atoms with Gasteiger partial charge in [-0.3, -0.25) is 0 Å². The molecule has 0 aromatic heterocycles. The highest BCUT2D eigenvalue weighted by Crippen LogP contribution is 2.12. The second kappa shape index (κ2) is 7.30. The zero-order valence-electron chi connectivity index (χ0n) is 11.1. The molecule has 0 fully saturated rings. The van der Waals surface area contributed by atoms with Crippen LogP contribution in [0.1, 0.15) is 25.3 Å². The van der Waals surface area contributed by atoms with Crippen LogP contribution in [-0.2, 0) is 6.54 Å². The Labute approximate surface area is 105 Å². The molecule has 0 amide bonds. The molecule has 17 heavy (non-hydrogen) atoms. The lowest BCUT2D eigenvalue weighted by molar-refractivity contribution is 0.315. The van der Waals surface area contributed by atoms with Crippen LogP contribution in [0, 0.1) is 0 Å². The van der Waals surface area contributed by atoms with Gasteiger partial charge in [0.25, 0.3) is 0 Å². The van der Waals surface area contributed by atoms with Crippen LogP contribution < -0.4 is 10.5 Å². The van der Waals surface area contributed by atoms with Crippen molar-refractivity contribution in [1.29, 1.82) is 0 Å². The maximum Gasteiger partial charge on any atom is 0.118 e. The van der Waals surface area contributed by atoms with Gasteiger partial charge in [0.05, 0.1) is 7.11 Å². The number of nitrogens with zero attached hydrogens (tertiary/aromatic N) is 1. The molecule has 0 heterocycles. The van der Waals surface area contributed by atoms with Crippen molar-refractivity contribution in [3.05, 3.63) is 29.8 Å². The minimum absolute atomic E-state index is 0.310. The van der Waals surface area contributed by atoms with Gasteiger partial charge in [-0.25, -0.2) is 0 Å². The number of methoxy groups -OCH3 is 1. The maximum atomic E-state index is 5.73. The van der Waals surface area contributed by atoms with E-state index in [4.69, 9.17) is 10.5 Å². The van der Waals surface area contributed by atoms with Gasteiger partial charge >= 0.3 is 0 Å². The molecule has 0 saturated carbocycles. The highest BCUT2D eigenvalue weighted by molar-refractivity contribution is 5.26. The first kappa shape index (κ1) is 14.0. The average molecular weight is 236 g/mol. The van der Waals surface area contributed by atoms with Gasteiger partial charge < -0.3 is 15.4 Å². The van der Waals surface area contributed by atoms with Crippen LogP contribution in [0.3, 0.4) is 0 Å². The van der Waals surface area contributed by atoms with Crippen molar-refractivity contribution in [1.82, 2.24) is 4.90 Å². The molecule has 2 N–H and O–H groups in total. The Hall–Kier alpha value is -1.06. The third-order valence-corrected chi connectivity index (χ3v) is 2.81. The Morgan fingerprint density at radius 1 is 1.29 bits per heavy atom. The number of benzene rings is 1. The van der Waals surface area contributed by atoms with E-state index in [2.05, 4.69) is 31.0 Å². The molecular formula is C14H24N2O. The number of hydrogen-bond donors (Lipinski definition) is 1. The van der Waals surface area contributed by atoms with Crippen molar-refractivity contribution in [2.45, 2.75) is 32.4 Å². The van der Waals surface area contributed by atoms with Crippen molar-refractivity contribution in [3.8, 4) is 5.75 Å². The van der Waals surface area contributed by atoms with E-state index >= 15 is 0 Å². The molecule has 1 unspecified atom stereocenters. The second-order valence-corrected chi connectivity index (χ2v) is 4.71. The van der Waals surface area contributed by atoms with E-state index in [0.717, 1.165) is 31.7 Å². The van der Waals surface area contributed by atoms with E-state index in [9.17, 15) is 0 Å². The van der Waals surface area contributed by atoms with E-state index in [1.807, 2.05) is 12.1 Å². The molecule has 96 valence electrons. The van der Waals surface area contributed by atoms with Crippen molar-refractivity contribution in [2.24, 2.45) is 5.73 Å². The number of rotatable bonds is 7. The van der Waals surface area contributed by atoms with E-state index in [-0.39, 0.29) is 0 Å². The largest absolute Gasteiger partial charge is 0.497 e. The summed E-state index contributed by atoms with van der Waals surface area (Å²) in [6.45, 7) is 4.12. The molecule has 0 bridgehead atoms. The fourth-order valence-electron chi connectivity index (χ4n) is 1.80. The van der Waals surface area contributed by atoms with Gasteiger partial charge in [-0.05, 0) is 51.1 Å². The predicted octanol–water partition coefficient (Wildman–Crippen LogP) is 2.25. The molecule has 0 saturated heterocycles. The summed E-state index contributed by atoms with van der Waals surface area (Å²) in [5.74, 6) is 0.911. The van der Waals surface area contributed by atoms with E-state index in [0.29, 0.717) is 6.04 Å². The molecule has 3 nitrogen and oxygen atoms in total. The highest BCUT2D eigenvalue weighted by Gasteiger charge is 2.01. The maximum absolute atomic E-state index is 5.73. The first-order valence-corrected chi connectivity index (χ1v) is 6.19. The number of ether oxygens (including phenoxy) is 1. The van der Waals surface area contributed by atoms with Gasteiger partial charge in [0.15, 0.2) is 0 Å². The number of nitrogens with two attached hydrogens (primary N) is 1.